The molecule has 1 amide bonds. The number of hydrogen-bond acceptors (Lipinski definition) is 6. The second kappa shape index (κ2) is 8.17. The Morgan fingerprint density at radius 3 is 2.67 bits per heavy atom. The van der Waals surface area contributed by atoms with E-state index >= 15 is 0 Å². The lowest BCUT2D eigenvalue weighted by atomic mass is 9.77. The van der Waals surface area contributed by atoms with Crippen LogP contribution in [0.25, 0.3) is 11.7 Å². The summed E-state index contributed by atoms with van der Waals surface area (Å²) in [5.41, 5.74) is 0.271. The van der Waals surface area contributed by atoms with Gasteiger partial charge in [-0.05, 0) is 56.6 Å². The maximum Gasteiger partial charge on any atom is 0.266 e. The number of anilines is 1. The predicted molar refractivity (Wildman–Crippen MR) is 111 cm³/mol. The van der Waals surface area contributed by atoms with Crippen molar-refractivity contribution in [3.63, 3.8) is 0 Å². The first-order valence-corrected chi connectivity index (χ1v) is 11.2. The zero-order valence-corrected chi connectivity index (χ0v) is 17.3. The number of nitrogens with zero attached hydrogens (tertiary/aromatic N) is 4. The largest absolute Gasteiger partial charge is 0.459 e. The summed E-state index contributed by atoms with van der Waals surface area (Å²) in [6.45, 7) is 2.31. The van der Waals surface area contributed by atoms with Crippen LogP contribution in [0.5, 0.6) is 0 Å². The zero-order chi connectivity index (χ0) is 20.5. The number of carbonyl (C=O) groups excluding carboxylic acids is 1. The molecule has 0 bridgehead atoms. The van der Waals surface area contributed by atoms with E-state index in [2.05, 4.69) is 16.0 Å². The minimum absolute atomic E-state index is 0.0694. The Kier molecular flexibility index (Phi) is 5.24. The van der Waals surface area contributed by atoms with Crippen molar-refractivity contribution < 1.29 is 13.6 Å². The van der Waals surface area contributed by atoms with Crippen molar-refractivity contribution in [2.75, 3.05) is 24.5 Å². The summed E-state index contributed by atoms with van der Waals surface area (Å²) in [4.78, 5) is 21.9. The molecule has 4 heterocycles. The van der Waals surface area contributed by atoms with Gasteiger partial charge in [-0.25, -0.2) is 0 Å². The summed E-state index contributed by atoms with van der Waals surface area (Å²) >= 11 is 0. The Morgan fingerprint density at radius 1 is 1.10 bits per heavy atom. The van der Waals surface area contributed by atoms with Gasteiger partial charge in [0, 0.05) is 31.6 Å². The molecular formula is C23H28N4O3. The van der Waals surface area contributed by atoms with Gasteiger partial charge in [0.2, 0.25) is 17.5 Å². The maximum absolute atomic E-state index is 13.3. The molecule has 7 heteroatoms. The van der Waals surface area contributed by atoms with Gasteiger partial charge >= 0.3 is 0 Å². The number of oxazole rings is 1. The van der Waals surface area contributed by atoms with Crippen molar-refractivity contribution in [2.45, 2.75) is 57.4 Å². The van der Waals surface area contributed by atoms with Crippen molar-refractivity contribution in [3.05, 3.63) is 24.1 Å². The second-order valence-electron chi connectivity index (χ2n) is 8.81. The molecule has 3 aliphatic rings. The molecule has 0 spiro atoms. The van der Waals surface area contributed by atoms with Crippen LogP contribution in [0.3, 0.4) is 0 Å². The molecule has 0 N–H and O–H groups in total. The quantitative estimate of drug-likeness (QED) is 0.756. The van der Waals surface area contributed by atoms with E-state index < -0.39 is 0 Å². The lowest BCUT2D eigenvalue weighted by molar-refractivity contribution is -0.142. The van der Waals surface area contributed by atoms with Crippen molar-refractivity contribution in [1.29, 1.82) is 5.26 Å². The Balaban J connectivity index is 1.25. The highest BCUT2D eigenvalue weighted by Crippen LogP contribution is 2.37. The number of rotatable bonds is 3. The molecule has 1 aliphatic carbocycles. The third-order valence-corrected chi connectivity index (χ3v) is 7.10. The highest BCUT2D eigenvalue weighted by atomic mass is 16.4. The molecule has 2 aliphatic heterocycles. The number of aromatic nitrogens is 1. The van der Waals surface area contributed by atoms with Crippen LogP contribution in [-0.2, 0) is 4.79 Å². The SMILES string of the molecule is N#Cc1nc(-c2ccco2)oc1N1CCC(C(=O)N2CCCC3CCCCC32)CC1. The third kappa shape index (κ3) is 3.49. The molecule has 2 saturated heterocycles. The van der Waals surface area contributed by atoms with E-state index in [1.807, 2.05) is 4.90 Å². The zero-order valence-electron chi connectivity index (χ0n) is 17.3. The highest BCUT2D eigenvalue weighted by Gasteiger charge is 2.39. The fourth-order valence-electron chi connectivity index (χ4n) is 5.57. The maximum atomic E-state index is 13.3. The minimum Gasteiger partial charge on any atom is -0.459 e. The van der Waals surface area contributed by atoms with E-state index in [9.17, 15) is 10.1 Å². The van der Waals surface area contributed by atoms with Gasteiger partial charge in [0.1, 0.15) is 6.07 Å². The average molecular weight is 409 g/mol. The van der Waals surface area contributed by atoms with Crippen LogP contribution in [0, 0.1) is 23.2 Å². The molecule has 1 saturated carbocycles. The van der Waals surface area contributed by atoms with E-state index in [0.717, 1.165) is 25.8 Å². The number of carbonyl (C=O) groups is 1. The van der Waals surface area contributed by atoms with Gasteiger partial charge in [-0.15, -0.1) is 0 Å². The smallest absolute Gasteiger partial charge is 0.266 e. The molecule has 2 unspecified atom stereocenters. The molecule has 2 aromatic heterocycles. The normalized spacial score (nSPS) is 25.0. The Bertz CT molecular complexity index is 919. The minimum atomic E-state index is 0.0694. The van der Waals surface area contributed by atoms with Gasteiger partial charge in [0.05, 0.1) is 6.26 Å². The van der Waals surface area contributed by atoms with Crippen LogP contribution in [0.4, 0.5) is 5.88 Å². The first kappa shape index (κ1) is 19.2. The van der Waals surface area contributed by atoms with E-state index in [1.165, 1.54) is 32.1 Å². The number of fused-ring (bicyclic) bond motifs is 1. The van der Waals surface area contributed by atoms with Gasteiger partial charge < -0.3 is 18.6 Å². The molecule has 5 rings (SSSR count). The van der Waals surface area contributed by atoms with E-state index in [4.69, 9.17) is 8.83 Å². The molecule has 30 heavy (non-hydrogen) atoms. The highest BCUT2D eigenvalue weighted by molar-refractivity contribution is 5.79. The Hall–Kier alpha value is -2.75. The van der Waals surface area contributed by atoms with Crippen LogP contribution in [0.2, 0.25) is 0 Å². The van der Waals surface area contributed by atoms with E-state index in [1.54, 1.807) is 18.4 Å². The van der Waals surface area contributed by atoms with Crippen molar-refractivity contribution >= 4 is 11.8 Å². The van der Waals surface area contributed by atoms with Gasteiger partial charge in [-0.3, -0.25) is 4.79 Å². The summed E-state index contributed by atoms with van der Waals surface area (Å²) < 4.78 is 11.2. The summed E-state index contributed by atoms with van der Waals surface area (Å²) in [6.07, 6.45) is 10.6. The number of nitriles is 1. The molecule has 0 aromatic carbocycles. The molecule has 158 valence electrons. The lowest BCUT2D eigenvalue weighted by Crippen LogP contribution is -2.52. The molecule has 2 aromatic rings. The summed E-state index contributed by atoms with van der Waals surface area (Å²) in [7, 11) is 0. The van der Waals surface area contributed by atoms with E-state index in [-0.39, 0.29) is 11.6 Å². The fourth-order valence-corrected chi connectivity index (χ4v) is 5.57. The first-order chi connectivity index (χ1) is 14.7. The average Bonchev–Trinajstić information content (AvgIpc) is 3.48. The van der Waals surface area contributed by atoms with Crippen molar-refractivity contribution in [3.8, 4) is 17.7 Å². The number of piperidine rings is 2. The second-order valence-corrected chi connectivity index (χ2v) is 8.81. The van der Waals surface area contributed by atoms with Crippen LogP contribution < -0.4 is 4.90 Å². The summed E-state index contributed by atoms with van der Waals surface area (Å²) in [5.74, 6) is 2.45. The molecule has 7 nitrogen and oxygen atoms in total. The molecule has 0 radical (unpaired) electrons. The topological polar surface area (TPSA) is 86.5 Å². The standard InChI is InChI=1S/C23H28N4O3/c24-15-18-23(30-21(25-18)20-8-4-14-29-20)26-12-9-17(10-13-26)22(28)27-11-3-6-16-5-1-2-7-19(16)27/h4,8,14,16-17,19H,1-3,5-7,9-13H2. The predicted octanol–water partition coefficient (Wildman–Crippen LogP) is 4.20. The van der Waals surface area contributed by atoms with Gasteiger partial charge in [0.25, 0.3) is 5.89 Å². The van der Waals surface area contributed by atoms with Crippen LogP contribution in [-0.4, -0.2) is 41.5 Å². The molecule has 2 atom stereocenters. The number of amides is 1. The van der Waals surface area contributed by atoms with Gasteiger partial charge in [-0.2, -0.15) is 10.2 Å². The Labute approximate surface area is 176 Å². The van der Waals surface area contributed by atoms with Crippen molar-refractivity contribution in [2.24, 2.45) is 11.8 Å². The van der Waals surface area contributed by atoms with Crippen LogP contribution in [0.1, 0.15) is 57.1 Å². The first-order valence-electron chi connectivity index (χ1n) is 11.2. The van der Waals surface area contributed by atoms with Gasteiger partial charge in [0.15, 0.2) is 5.76 Å². The van der Waals surface area contributed by atoms with Crippen LogP contribution >= 0.6 is 0 Å². The summed E-state index contributed by atoms with van der Waals surface area (Å²) in [6, 6.07) is 6.12. The monoisotopic (exact) mass is 408 g/mol. The Morgan fingerprint density at radius 2 is 1.90 bits per heavy atom. The number of hydrogen-bond donors (Lipinski definition) is 0. The molecule has 3 fully saturated rings. The fraction of sp³-hybridized carbons (Fsp3) is 0.609. The van der Waals surface area contributed by atoms with Crippen LogP contribution in [0.15, 0.2) is 27.2 Å². The third-order valence-electron chi connectivity index (χ3n) is 7.10. The number of furan rings is 1. The summed E-state index contributed by atoms with van der Waals surface area (Å²) in [5, 5.41) is 9.49. The van der Waals surface area contributed by atoms with Gasteiger partial charge in [-0.1, -0.05) is 12.8 Å². The van der Waals surface area contributed by atoms with E-state index in [0.29, 0.717) is 48.5 Å². The number of likely N-dealkylation sites (tertiary alicyclic amines) is 1. The lowest BCUT2D eigenvalue weighted by Gasteiger charge is -2.46. The molecular weight excluding hydrogens is 380 g/mol. The van der Waals surface area contributed by atoms with Crippen molar-refractivity contribution in [1.82, 2.24) is 9.88 Å².